The Morgan fingerprint density at radius 3 is 2.52 bits per heavy atom. The maximum absolute atomic E-state index is 11.7. The maximum Gasteiger partial charge on any atom is 0.225 e. The highest BCUT2D eigenvalue weighted by molar-refractivity contribution is 9.10. The van der Waals surface area contributed by atoms with E-state index < -0.39 is 0 Å². The minimum atomic E-state index is -0.350. The van der Waals surface area contributed by atoms with Crippen molar-refractivity contribution in [3.05, 3.63) is 39.7 Å². The number of benzene rings is 1. The van der Waals surface area contributed by atoms with Gasteiger partial charge >= 0.3 is 0 Å². The van der Waals surface area contributed by atoms with Gasteiger partial charge in [-0.2, -0.15) is 0 Å². The molecule has 0 saturated heterocycles. The minimum absolute atomic E-state index is 0.103. The molecular weight excluding hydrogens is 378 g/mol. The predicted molar refractivity (Wildman–Crippen MR) is 97.2 cm³/mol. The summed E-state index contributed by atoms with van der Waals surface area (Å²) in [6.07, 6.45) is 0.517. The van der Waals surface area contributed by atoms with Gasteiger partial charge in [-0.05, 0) is 46.6 Å². The molecule has 0 saturated carbocycles. The lowest BCUT2D eigenvalue weighted by Crippen LogP contribution is -2.23. The van der Waals surface area contributed by atoms with E-state index in [0.717, 1.165) is 25.5 Å². The number of nitrogens with two attached hydrogens (primary N) is 2. The summed E-state index contributed by atoms with van der Waals surface area (Å²) in [5.74, 6) is -0.453. The number of anilines is 1. The monoisotopic (exact) mass is 395 g/mol. The number of carbonyl (C=O) groups excluding carboxylic acids is 2. The molecule has 5 nitrogen and oxygen atoms in total. The molecule has 0 radical (unpaired) electrons. The molecule has 5 N–H and O–H groups in total. The largest absolute Gasteiger partial charge is 0.369 e. The van der Waals surface area contributed by atoms with Gasteiger partial charge in [0.05, 0.1) is 6.42 Å². The van der Waals surface area contributed by atoms with Crippen LogP contribution in [0.5, 0.6) is 0 Å². The van der Waals surface area contributed by atoms with Crippen LogP contribution in [0.1, 0.15) is 18.2 Å². The van der Waals surface area contributed by atoms with Gasteiger partial charge < -0.3 is 16.8 Å². The second kappa shape index (κ2) is 7.72. The topological polar surface area (TPSA) is 98.2 Å². The third-order valence-electron chi connectivity index (χ3n) is 3.02. The number of primary amides is 1. The summed E-state index contributed by atoms with van der Waals surface area (Å²) in [5.41, 5.74) is 12.6. The van der Waals surface area contributed by atoms with Crippen molar-refractivity contribution in [2.24, 2.45) is 11.5 Å². The van der Waals surface area contributed by atoms with E-state index in [2.05, 4.69) is 21.2 Å². The lowest BCUT2D eigenvalue weighted by atomic mass is 10.1. The Kier molecular flexibility index (Phi) is 5.92. The van der Waals surface area contributed by atoms with E-state index in [1.807, 2.05) is 30.3 Å². The molecule has 0 fully saturated rings. The summed E-state index contributed by atoms with van der Waals surface area (Å²) in [7, 11) is 0. The molecule has 7 heteroatoms. The molecule has 23 heavy (non-hydrogen) atoms. The first kappa shape index (κ1) is 17.7. The zero-order chi connectivity index (χ0) is 17.0. The number of hydrogen-bond donors (Lipinski definition) is 3. The van der Waals surface area contributed by atoms with Crippen LogP contribution in [0.4, 0.5) is 5.69 Å². The molecule has 0 aliphatic carbocycles. The van der Waals surface area contributed by atoms with Crippen molar-refractivity contribution in [2.75, 3.05) is 5.32 Å². The molecule has 2 amide bonds. The zero-order valence-corrected chi connectivity index (χ0v) is 15.0. The quantitative estimate of drug-likeness (QED) is 0.700. The Hall–Kier alpha value is -1.70. The van der Waals surface area contributed by atoms with Crippen LogP contribution in [0, 0.1) is 0 Å². The van der Waals surface area contributed by atoms with Gasteiger partial charge in [0.2, 0.25) is 11.8 Å². The van der Waals surface area contributed by atoms with Crippen LogP contribution in [0.25, 0.3) is 10.4 Å². The van der Waals surface area contributed by atoms with E-state index in [4.69, 9.17) is 11.5 Å². The summed E-state index contributed by atoms with van der Waals surface area (Å²) >= 11 is 5.02. The number of nitrogens with one attached hydrogen (secondary N) is 1. The summed E-state index contributed by atoms with van der Waals surface area (Å²) in [6, 6.07) is 9.27. The Labute approximate surface area is 147 Å². The average Bonchev–Trinajstić information content (AvgIpc) is 2.78. The molecule has 0 aliphatic heterocycles. The van der Waals surface area contributed by atoms with Crippen LogP contribution in [0.15, 0.2) is 34.8 Å². The van der Waals surface area contributed by atoms with Crippen LogP contribution in [0.3, 0.4) is 0 Å². The highest BCUT2D eigenvalue weighted by Crippen LogP contribution is 2.37. The smallest absolute Gasteiger partial charge is 0.225 e. The molecule has 2 aromatic rings. The fourth-order valence-electron chi connectivity index (χ4n) is 2.08. The fourth-order valence-corrected chi connectivity index (χ4v) is 4.04. The van der Waals surface area contributed by atoms with Crippen molar-refractivity contribution >= 4 is 44.8 Å². The molecular formula is C16H18BrN3O2S. The highest BCUT2D eigenvalue weighted by Gasteiger charge is 2.11. The van der Waals surface area contributed by atoms with E-state index in [1.165, 1.54) is 11.3 Å². The first-order chi connectivity index (χ1) is 10.8. The number of rotatable bonds is 6. The third kappa shape index (κ3) is 5.16. The minimum Gasteiger partial charge on any atom is -0.369 e. The SMILES string of the molecule is CC(N)CC(=O)Nc1ccc(-c2sc(CC(N)=O)cc2Br)cc1. The Morgan fingerprint density at radius 1 is 1.30 bits per heavy atom. The van der Waals surface area contributed by atoms with Crippen molar-refractivity contribution in [1.82, 2.24) is 0 Å². The Bertz CT molecular complexity index is 711. The zero-order valence-electron chi connectivity index (χ0n) is 12.6. The van der Waals surface area contributed by atoms with Crippen LogP contribution < -0.4 is 16.8 Å². The van der Waals surface area contributed by atoms with Gasteiger partial charge in [-0.3, -0.25) is 9.59 Å². The van der Waals surface area contributed by atoms with Crippen LogP contribution in [-0.2, 0) is 16.0 Å². The van der Waals surface area contributed by atoms with Crippen LogP contribution in [0.2, 0.25) is 0 Å². The normalized spacial score (nSPS) is 12.0. The van der Waals surface area contributed by atoms with Crippen molar-refractivity contribution in [2.45, 2.75) is 25.8 Å². The van der Waals surface area contributed by atoms with Gasteiger partial charge in [0.25, 0.3) is 0 Å². The van der Waals surface area contributed by atoms with E-state index in [9.17, 15) is 9.59 Å². The van der Waals surface area contributed by atoms with Crippen molar-refractivity contribution < 1.29 is 9.59 Å². The first-order valence-electron chi connectivity index (χ1n) is 7.07. The molecule has 1 atom stereocenters. The first-order valence-corrected chi connectivity index (χ1v) is 8.68. The summed E-state index contributed by atoms with van der Waals surface area (Å²) < 4.78 is 0.924. The van der Waals surface area contributed by atoms with Gasteiger partial charge in [-0.1, -0.05) is 12.1 Å². The number of thiophene rings is 1. The van der Waals surface area contributed by atoms with Crippen LogP contribution >= 0.6 is 27.3 Å². The van der Waals surface area contributed by atoms with Gasteiger partial charge in [-0.15, -0.1) is 11.3 Å². The Morgan fingerprint density at radius 2 is 1.96 bits per heavy atom. The molecule has 1 aromatic carbocycles. The average molecular weight is 396 g/mol. The molecule has 0 spiro atoms. The molecule has 2 rings (SSSR count). The molecule has 1 heterocycles. The van der Waals surface area contributed by atoms with Gasteiger partial charge in [0, 0.05) is 32.4 Å². The third-order valence-corrected chi connectivity index (χ3v) is 5.10. The maximum atomic E-state index is 11.7. The second-order valence-electron chi connectivity index (χ2n) is 5.34. The van der Waals surface area contributed by atoms with Crippen molar-refractivity contribution in [1.29, 1.82) is 0 Å². The standard InChI is InChI=1S/C16H18BrN3O2S/c1-9(18)6-15(22)20-11-4-2-10(3-5-11)16-13(17)7-12(23-16)8-14(19)21/h2-5,7,9H,6,8,18H2,1H3,(H2,19,21)(H,20,22). The molecule has 1 unspecified atom stereocenters. The van der Waals surface area contributed by atoms with E-state index in [0.29, 0.717) is 0 Å². The second-order valence-corrected chi connectivity index (χ2v) is 7.33. The van der Waals surface area contributed by atoms with Gasteiger partial charge in [0.15, 0.2) is 0 Å². The lowest BCUT2D eigenvalue weighted by Gasteiger charge is -2.08. The summed E-state index contributed by atoms with van der Waals surface area (Å²) in [6.45, 7) is 1.79. The van der Waals surface area contributed by atoms with E-state index in [1.54, 1.807) is 6.92 Å². The van der Waals surface area contributed by atoms with E-state index >= 15 is 0 Å². The Balaban J connectivity index is 2.12. The molecule has 1 aromatic heterocycles. The van der Waals surface area contributed by atoms with Gasteiger partial charge in [-0.25, -0.2) is 0 Å². The highest BCUT2D eigenvalue weighted by atomic mass is 79.9. The van der Waals surface area contributed by atoms with Crippen molar-refractivity contribution in [3.63, 3.8) is 0 Å². The molecule has 0 aliphatic rings. The number of carbonyl (C=O) groups is 2. The lowest BCUT2D eigenvalue weighted by molar-refractivity contribution is -0.117. The molecule has 122 valence electrons. The van der Waals surface area contributed by atoms with Crippen LogP contribution in [-0.4, -0.2) is 17.9 Å². The summed E-state index contributed by atoms with van der Waals surface area (Å²) in [5, 5.41) is 2.81. The van der Waals surface area contributed by atoms with Gasteiger partial charge in [0.1, 0.15) is 0 Å². The van der Waals surface area contributed by atoms with Crippen molar-refractivity contribution in [3.8, 4) is 10.4 Å². The van der Waals surface area contributed by atoms with E-state index in [-0.39, 0.29) is 30.7 Å². The predicted octanol–water partition coefficient (Wildman–Crippen LogP) is 2.88. The number of hydrogen-bond acceptors (Lipinski definition) is 4. The number of halogens is 1. The number of amides is 2. The summed E-state index contributed by atoms with van der Waals surface area (Å²) in [4.78, 5) is 24.6. The molecule has 0 bridgehead atoms. The fraction of sp³-hybridized carbons (Fsp3) is 0.250.